The molecule has 1 atom stereocenters. The van der Waals surface area contributed by atoms with Gasteiger partial charge in [-0.05, 0) is 32.9 Å². The van der Waals surface area contributed by atoms with Crippen molar-refractivity contribution in [2.24, 2.45) is 7.05 Å². The molecule has 1 saturated heterocycles. The fraction of sp³-hybridized carbons (Fsp3) is 0.714. The summed E-state index contributed by atoms with van der Waals surface area (Å²) in [5.41, 5.74) is -1.57. The molecule has 2 heterocycles. The second-order valence-corrected chi connectivity index (χ2v) is 5.72. The van der Waals surface area contributed by atoms with E-state index in [-0.39, 0.29) is 6.04 Å². The Hall–Kier alpha value is -1.57. The van der Waals surface area contributed by atoms with Gasteiger partial charge in [0.1, 0.15) is 0 Å². The highest BCUT2D eigenvalue weighted by molar-refractivity contribution is 5.95. The molecule has 0 saturated carbocycles. The number of alkyl halides is 3. The second kappa shape index (κ2) is 6.68. The van der Waals surface area contributed by atoms with Crippen LogP contribution in [0.4, 0.5) is 13.2 Å². The minimum Gasteiger partial charge on any atom is -0.350 e. The fourth-order valence-corrected chi connectivity index (χ4v) is 2.69. The van der Waals surface area contributed by atoms with E-state index in [1.807, 2.05) is 6.92 Å². The molecule has 1 fully saturated rings. The van der Waals surface area contributed by atoms with Crippen LogP contribution in [0.3, 0.4) is 0 Å². The predicted octanol–water partition coefficient (Wildman–Crippen LogP) is 2.04. The molecule has 1 amide bonds. The number of aryl methyl sites for hydroxylation is 1. The Morgan fingerprint density at radius 3 is 2.59 bits per heavy atom. The van der Waals surface area contributed by atoms with Crippen LogP contribution in [0.5, 0.6) is 0 Å². The Morgan fingerprint density at radius 1 is 1.36 bits per heavy atom. The number of carbonyl (C=O) groups excluding carboxylic acids is 1. The number of nitrogens with one attached hydrogen (secondary N) is 1. The summed E-state index contributed by atoms with van der Waals surface area (Å²) in [5.74, 6) is -0.732. The van der Waals surface area contributed by atoms with Crippen LogP contribution in [0.25, 0.3) is 0 Å². The van der Waals surface area contributed by atoms with E-state index in [4.69, 9.17) is 0 Å². The largest absolute Gasteiger partial charge is 0.435 e. The lowest BCUT2D eigenvalue weighted by molar-refractivity contribution is -0.141. The molecule has 1 aliphatic heterocycles. The summed E-state index contributed by atoms with van der Waals surface area (Å²) < 4.78 is 39.5. The van der Waals surface area contributed by atoms with Gasteiger partial charge in [-0.25, -0.2) is 0 Å². The zero-order valence-corrected chi connectivity index (χ0v) is 12.8. The van der Waals surface area contributed by atoms with E-state index in [2.05, 4.69) is 15.3 Å². The Kier molecular flexibility index (Phi) is 5.10. The van der Waals surface area contributed by atoms with E-state index in [0.717, 1.165) is 36.8 Å². The maximum absolute atomic E-state index is 12.8. The first-order chi connectivity index (χ1) is 10.3. The number of carbonyl (C=O) groups is 1. The van der Waals surface area contributed by atoms with Crippen LogP contribution in [0.15, 0.2) is 6.20 Å². The number of amides is 1. The zero-order valence-electron chi connectivity index (χ0n) is 12.8. The number of rotatable bonds is 4. The Bertz CT molecular complexity index is 521. The molecular formula is C14H21F3N4O. The maximum Gasteiger partial charge on any atom is 0.435 e. The van der Waals surface area contributed by atoms with E-state index in [1.54, 1.807) is 0 Å². The van der Waals surface area contributed by atoms with Crippen molar-refractivity contribution >= 4 is 5.91 Å². The van der Waals surface area contributed by atoms with Crippen molar-refractivity contribution in [3.63, 3.8) is 0 Å². The monoisotopic (exact) mass is 318 g/mol. The minimum absolute atomic E-state index is 0.107. The Morgan fingerprint density at radius 2 is 2.00 bits per heavy atom. The van der Waals surface area contributed by atoms with Crippen molar-refractivity contribution in [2.45, 2.75) is 38.4 Å². The molecule has 1 N–H and O–H groups in total. The summed E-state index contributed by atoms with van der Waals surface area (Å²) >= 11 is 0. The van der Waals surface area contributed by atoms with Crippen molar-refractivity contribution in [2.75, 3.05) is 19.6 Å². The molecule has 0 unspecified atom stereocenters. The third-order valence-electron chi connectivity index (χ3n) is 3.91. The van der Waals surface area contributed by atoms with Gasteiger partial charge in [-0.15, -0.1) is 0 Å². The van der Waals surface area contributed by atoms with Crippen molar-refractivity contribution < 1.29 is 18.0 Å². The highest BCUT2D eigenvalue weighted by Crippen LogP contribution is 2.30. The van der Waals surface area contributed by atoms with E-state index in [0.29, 0.717) is 6.54 Å². The molecule has 0 spiro atoms. The fourth-order valence-electron chi connectivity index (χ4n) is 2.69. The summed E-state index contributed by atoms with van der Waals surface area (Å²) in [6, 6.07) is 0.107. The molecule has 1 aliphatic rings. The number of aromatic nitrogens is 2. The quantitative estimate of drug-likeness (QED) is 0.924. The van der Waals surface area contributed by atoms with Crippen LogP contribution < -0.4 is 5.32 Å². The van der Waals surface area contributed by atoms with Gasteiger partial charge in [0, 0.05) is 25.8 Å². The number of likely N-dealkylation sites (tertiary alicyclic amines) is 1. The average molecular weight is 318 g/mol. The number of nitrogens with zero attached hydrogens (tertiary/aromatic N) is 3. The number of halogens is 3. The summed E-state index contributed by atoms with van der Waals surface area (Å²) in [5, 5.41) is 5.93. The number of piperidine rings is 1. The van der Waals surface area contributed by atoms with Crippen LogP contribution in [-0.2, 0) is 13.2 Å². The Labute approximate surface area is 127 Å². The van der Waals surface area contributed by atoms with Gasteiger partial charge in [0.05, 0.1) is 5.56 Å². The molecule has 0 aliphatic carbocycles. The highest BCUT2D eigenvalue weighted by Gasteiger charge is 2.39. The van der Waals surface area contributed by atoms with Crippen molar-refractivity contribution in [1.82, 2.24) is 20.0 Å². The van der Waals surface area contributed by atoms with Crippen LogP contribution in [0.1, 0.15) is 42.2 Å². The second-order valence-electron chi connectivity index (χ2n) is 5.72. The summed E-state index contributed by atoms with van der Waals surface area (Å²) in [6.07, 6.45) is -0.0748. The SMILES string of the molecule is C[C@@H](CNC(=O)c1cn(C)nc1C(F)(F)F)N1CCCCC1. The summed E-state index contributed by atoms with van der Waals surface area (Å²) in [7, 11) is 1.36. The first-order valence-electron chi connectivity index (χ1n) is 7.42. The smallest absolute Gasteiger partial charge is 0.350 e. The molecule has 22 heavy (non-hydrogen) atoms. The van der Waals surface area contributed by atoms with Crippen LogP contribution >= 0.6 is 0 Å². The standard InChI is InChI=1S/C14H21F3N4O/c1-10(21-6-4-3-5-7-21)8-18-13(22)11-9-20(2)19-12(11)14(15,16)17/h9-10H,3-8H2,1-2H3,(H,18,22)/t10-/m0/s1. The van der Waals surface area contributed by atoms with E-state index in [1.165, 1.54) is 13.5 Å². The van der Waals surface area contributed by atoms with Gasteiger partial charge in [-0.1, -0.05) is 6.42 Å². The van der Waals surface area contributed by atoms with Crippen LogP contribution in [-0.4, -0.2) is 46.3 Å². The summed E-state index contributed by atoms with van der Waals surface area (Å²) in [6.45, 7) is 4.24. The lowest BCUT2D eigenvalue weighted by Gasteiger charge is -2.32. The Balaban J connectivity index is 1.97. The molecule has 0 aromatic carbocycles. The predicted molar refractivity (Wildman–Crippen MR) is 75.4 cm³/mol. The average Bonchev–Trinajstić information content (AvgIpc) is 2.87. The molecule has 1 aromatic rings. The van der Waals surface area contributed by atoms with E-state index >= 15 is 0 Å². The molecule has 124 valence electrons. The van der Waals surface area contributed by atoms with Crippen molar-refractivity contribution in [3.05, 3.63) is 17.5 Å². The highest BCUT2D eigenvalue weighted by atomic mass is 19.4. The van der Waals surface area contributed by atoms with Gasteiger partial charge in [-0.2, -0.15) is 18.3 Å². The third kappa shape index (κ3) is 4.00. The lowest BCUT2D eigenvalue weighted by Crippen LogP contribution is -2.44. The van der Waals surface area contributed by atoms with Crippen molar-refractivity contribution in [3.8, 4) is 0 Å². The van der Waals surface area contributed by atoms with Gasteiger partial charge in [-0.3, -0.25) is 14.4 Å². The maximum atomic E-state index is 12.8. The van der Waals surface area contributed by atoms with Crippen LogP contribution in [0, 0.1) is 0 Å². The van der Waals surface area contributed by atoms with Gasteiger partial charge < -0.3 is 5.32 Å². The molecule has 8 heteroatoms. The number of hydrogen-bond donors (Lipinski definition) is 1. The molecular weight excluding hydrogens is 297 g/mol. The molecule has 5 nitrogen and oxygen atoms in total. The van der Waals surface area contributed by atoms with Crippen molar-refractivity contribution in [1.29, 1.82) is 0 Å². The van der Waals surface area contributed by atoms with Crippen LogP contribution in [0.2, 0.25) is 0 Å². The van der Waals surface area contributed by atoms with E-state index < -0.39 is 23.3 Å². The minimum atomic E-state index is -4.63. The molecule has 0 radical (unpaired) electrons. The topological polar surface area (TPSA) is 50.2 Å². The van der Waals surface area contributed by atoms with E-state index in [9.17, 15) is 18.0 Å². The lowest BCUT2D eigenvalue weighted by atomic mass is 10.1. The van der Waals surface area contributed by atoms with Gasteiger partial charge in [0.25, 0.3) is 5.91 Å². The molecule has 2 rings (SSSR count). The number of hydrogen-bond acceptors (Lipinski definition) is 3. The zero-order chi connectivity index (χ0) is 16.3. The van der Waals surface area contributed by atoms with Gasteiger partial charge in [0.2, 0.25) is 0 Å². The van der Waals surface area contributed by atoms with Gasteiger partial charge in [0.15, 0.2) is 5.69 Å². The molecule has 0 bridgehead atoms. The summed E-state index contributed by atoms with van der Waals surface area (Å²) in [4.78, 5) is 14.3. The van der Waals surface area contributed by atoms with Gasteiger partial charge >= 0.3 is 6.18 Å². The first-order valence-corrected chi connectivity index (χ1v) is 7.42. The normalized spacial score (nSPS) is 18.2. The third-order valence-corrected chi connectivity index (χ3v) is 3.91. The first kappa shape index (κ1) is 16.8. The molecule has 1 aromatic heterocycles.